The van der Waals surface area contributed by atoms with Crippen LogP contribution in [0.25, 0.3) is 0 Å². The predicted octanol–water partition coefficient (Wildman–Crippen LogP) is 1.20. The summed E-state index contributed by atoms with van der Waals surface area (Å²) in [5.74, 6) is 1.75. The van der Waals surface area contributed by atoms with Crippen molar-refractivity contribution in [3.63, 3.8) is 0 Å². The molecule has 4 heteroatoms. The molecule has 5 saturated carbocycles. The smallest absolute Gasteiger partial charge is 0.179 e. The highest BCUT2D eigenvalue weighted by Crippen LogP contribution is 2.88. The van der Waals surface area contributed by atoms with Crippen molar-refractivity contribution >= 4 is 0 Å². The van der Waals surface area contributed by atoms with Crippen LogP contribution >= 0.6 is 0 Å². The third kappa shape index (κ3) is 0.537. The highest BCUT2D eigenvalue weighted by atomic mass is 14.9. The molecule has 5 fully saturated rings. The lowest BCUT2D eigenvalue weighted by Crippen LogP contribution is -2.44. The summed E-state index contributed by atoms with van der Waals surface area (Å²) in [5, 5.41) is 37.7. The molecule has 0 N–H and O–H groups in total. The number of hydrogen-bond acceptors (Lipinski definition) is 4. The minimum absolute atomic E-state index is 0.0169. The van der Waals surface area contributed by atoms with Crippen molar-refractivity contribution < 1.29 is 0 Å². The Morgan fingerprint density at radius 3 is 1.41 bits per heavy atom. The summed E-state index contributed by atoms with van der Waals surface area (Å²) in [7, 11) is 0. The van der Waals surface area contributed by atoms with Crippen LogP contribution < -0.4 is 0 Å². The van der Waals surface area contributed by atoms with Gasteiger partial charge in [0.05, 0.1) is 24.3 Å². The molecule has 0 aromatic heterocycles. The van der Waals surface area contributed by atoms with Gasteiger partial charge in [0.25, 0.3) is 0 Å². The average molecular weight is 220 g/mol. The molecule has 6 bridgehead atoms. The van der Waals surface area contributed by atoms with Crippen LogP contribution in [0.3, 0.4) is 0 Å². The van der Waals surface area contributed by atoms with E-state index in [1.807, 2.05) is 0 Å². The van der Waals surface area contributed by atoms with Crippen LogP contribution in [-0.4, -0.2) is 0 Å². The topological polar surface area (TPSA) is 95.2 Å². The van der Waals surface area contributed by atoms with Gasteiger partial charge in [0.2, 0.25) is 0 Å². The Morgan fingerprint density at radius 1 is 0.706 bits per heavy atom. The van der Waals surface area contributed by atoms with Gasteiger partial charge in [-0.3, -0.25) is 0 Å². The van der Waals surface area contributed by atoms with Crippen molar-refractivity contribution in [2.24, 2.45) is 46.3 Å². The van der Waals surface area contributed by atoms with E-state index in [2.05, 4.69) is 24.3 Å². The van der Waals surface area contributed by atoms with Gasteiger partial charge < -0.3 is 0 Å². The van der Waals surface area contributed by atoms with Crippen molar-refractivity contribution in [2.45, 2.75) is 6.42 Å². The normalized spacial score (nSPS) is 52.0. The molecule has 6 atom stereocenters. The van der Waals surface area contributed by atoms with Crippen molar-refractivity contribution in [3.8, 4) is 24.3 Å². The highest BCUT2D eigenvalue weighted by molar-refractivity contribution is 5.49. The Balaban J connectivity index is 2.04. The molecule has 5 aliphatic rings. The molecule has 0 saturated heterocycles. The van der Waals surface area contributed by atoms with Crippen molar-refractivity contribution in [1.29, 1.82) is 21.0 Å². The second-order valence-electron chi connectivity index (χ2n) is 5.83. The van der Waals surface area contributed by atoms with Crippen LogP contribution in [0.15, 0.2) is 0 Å². The maximum atomic E-state index is 9.43. The van der Waals surface area contributed by atoms with E-state index in [0.29, 0.717) is 17.8 Å². The first-order chi connectivity index (χ1) is 8.22. The first kappa shape index (κ1) is 9.04. The van der Waals surface area contributed by atoms with Crippen LogP contribution in [0.1, 0.15) is 6.42 Å². The summed E-state index contributed by atoms with van der Waals surface area (Å²) in [5.41, 5.74) is -2.75. The van der Waals surface area contributed by atoms with Gasteiger partial charge in [0.1, 0.15) is 0 Å². The Morgan fingerprint density at radius 2 is 1.12 bits per heavy atom. The number of hydrogen-bond donors (Lipinski definition) is 0. The van der Waals surface area contributed by atoms with Gasteiger partial charge in [-0.25, -0.2) is 0 Å². The van der Waals surface area contributed by atoms with Crippen LogP contribution in [0.4, 0.5) is 0 Å². The predicted molar refractivity (Wildman–Crippen MR) is 52.9 cm³/mol. The lowest BCUT2D eigenvalue weighted by molar-refractivity contribution is 0.178. The molecule has 0 radical (unpaired) electrons. The van der Waals surface area contributed by atoms with Crippen LogP contribution in [-0.2, 0) is 0 Å². The Bertz CT molecular complexity index is 527. The largest absolute Gasteiger partial charge is 0.196 e. The third-order valence-electron chi connectivity index (χ3n) is 5.92. The lowest BCUT2D eigenvalue weighted by Gasteiger charge is -2.34. The Hall–Kier alpha value is -2.04. The molecule has 17 heavy (non-hydrogen) atoms. The second kappa shape index (κ2) is 2.16. The molecule has 0 aliphatic heterocycles. The minimum atomic E-state index is -1.38. The molecule has 0 aromatic carbocycles. The van der Waals surface area contributed by atoms with Crippen molar-refractivity contribution in [2.75, 3.05) is 0 Å². The zero-order valence-electron chi connectivity index (χ0n) is 8.96. The molecule has 5 aliphatic carbocycles. The minimum Gasteiger partial charge on any atom is -0.196 e. The first-order valence-electron chi connectivity index (χ1n) is 5.87. The zero-order valence-corrected chi connectivity index (χ0v) is 8.96. The standard InChI is InChI=1S/C13H8N4/c14-2-12(3-15)10-7-1-6-8(10)9(6)11(7)13(12,4-16)5-17/h6-11H,1H2/t6?,7?,8?,9?,10-,11+. The molecule has 4 unspecified atom stereocenters. The van der Waals surface area contributed by atoms with Crippen LogP contribution in [0.5, 0.6) is 0 Å². The van der Waals surface area contributed by atoms with E-state index in [9.17, 15) is 21.0 Å². The monoisotopic (exact) mass is 220 g/mol. The quantitative estimate of drug-likeness (QED) is 0.612. The summed E-state index contributed by atoms with van der Waals surface area (Å²) in [4.78, 5) is 0. The third-order valence-corrected chi connectivity index (χ3v) is 5.92. The second-order valence-corrected chi connectivity index (χ2v) is 5.83. The summed E-state index contributed by atoms with van der Waals surface area (Å²) in [6.07, 6.45) is 1.03. The fourth-order valence-electron chi connectivity index (χ4n) is 5.60. The first-order valence-corrected chi connectivity index (χ1v) is 5.87. The van der Waals surface area contributed by atoms with E-state index in [0.717, 1.165) is 6.42 Å². The SMILES string of the molecule is N#CC1(C#N)[C@@H]2C3C4CC2[C@H](C43)C1(C#N)C#N. The Labute approximate surface area is 98.7 Å². The summed E-state index contributed by atoms with van der Waals surface area (Å²) in [6.45, 7) is 0. The van der Waals surface area contributed by atoms with Gasteiger partial charge in [-0.2, -0.15) is 21.0 Å². The molecule has 4 nitrogen and oxygen atoms in total. The summed E-state index contributed by atoms with van der Waals surface area (Å²) < 4.78 is 0. The van der Waals surface area contributed by atoms with Gasteiger partial charge >= 0.3 is 0 Å². The summed E-state index contributed by atoms with van der Waals surface area (Å²) >= 11 is 0. The van der Waals surface area contributed by atoms with E-state index in [4.69, 9.17) is 0 Å². The molecule has 0 amide bonds. The molecule has 0 aromatic rings. The number of nitriles is 4. The molecule has 0 heterocycles. The fourth-order valence-corrected chi connectivity index (χ4v) is 5.60. The highest BCUT2D eigenvalue weighted by Gasteiger charge is 2.90. The molecular formula is C13H8N4. The van der Waals surface area contributed by atoms with Gasteiger partial charge in [-0.05, 0) is 30.1 Å². The fraction of sp³-hybridized carbons (Fsp3) is 0.692. The molecular weight excluding hydrogens is 212 g/mol. The maximum Gasteiger partial charge on any atom is 0.179 e. The van der Waals surface area contributed by atoms with Crippen LogP contribution in [0.2, 0.25) is 0 Å². The average Bonchev–Trinajstić information content (AvgIpc) is 2.77. The van der Waals surface area contributed by atoms with E-state index < -0.39 is 10.8 Å². The van der Waals surface area contributed by atoms with Gasteiger partial charge in [0, 0.05) is 11.8 Å². The van der Waals surface area contributed by atoms with Gasteiger partial charge in [0.15, 0.2) is 10.8 Å². The van der Waals surface area contributed by atoms with E-state index in [-0.39, 0.29) is 17.8 Å². The van der Waals surface area contributed by atoms with E-state index in [1.54, 1.807) is 0 Å². The molecule has 80 valence electrons. The van der Waals surface area contributed by atoms with Crippen LogP contribution in [0, 0.1) is 91.7 Å². The lowest BCUT2D eigenvalue weighted by atomic mass is 9.58. The van der Waals surface area contributed by atoms with Crippen molar-refractivity contribution in [3.05, 3.63) is 0 Å². The van der Waals surface area contributed by atoms with Crippen molar-refractivity contribution in [1.82, 2.24) is 0 Å². The van der Waals surface area contributed by atoms with E-state index >= 15 is 0 Å². The summed E-state index contributed by atoms with van der Waals surface area (Å²) in [6, 6.07) is 8.24. The van der Waals surface area contributed by atoms with Gasteiger partial charge in [-0.15, -0.1) is 0 Å². The zero-order chi connectivity index (χ0) is 12.0. The Kier molecular flexibility index (Phi) is 1.15. The number of nitrogens with zero attached hydrogens (tertiary/aromatic N) is 4. The van der Waals surface area contributed by atoms with E-state index in [1.165, 1.54) is 0 Å². The molecule has 0 spiro atoms. The van der Waals surface area contributed by atoms with Gasteiger partial charge in [-0.1, -0.05) is 0 Å². The number of rotatable bonds is 0. The molecule has 5 rings (SSSR count). The maximum absolute atomic E-state index is 9.43.